The van der Waals surface area contributed by atoms with Crippen molar-refractivity contribution in [1.82, 2.24) is 4.31 Å². The van der Waals surface area contributed by atoms with Crippen LogP contribution in [0.1, 0.15) is 32.6 Å². The maximum absolute atomic E-state index is 12.5. The molecule has 6 heteroatoms. The molecule has 0 aromatic heterocycles. The molecule has 1 atom stereocenters. The van der Waals surface area contributed by atoms with Crippen LogP contribution in [0.15, 0.2) is 29.2 Å². The summed E-state index contributed by atoms with van der Waals surface area (Å²) in [6.45, 7) is 2.75. The number of anilines is 1. The molecule has 0 amide bonds. The van der Waals surface area contributed by atoms with Crippen LogP contribution < -0.4 is 5.73 Å². The summed E-state index contributed by atoms with van der Waals surface area (Å²) in [6.07, 6.45) is 4.01. The fraction of sp³-hybridized carbons (Fsp3) is 0.600. The number of nitrogens with zero attached hydrogens (tertiary/aromatic N) is 1. The predicted octanol–water partition coefficient (Wildman–Crippen LogP) is 2.96. The molecular weight excluding hydrogens is 304 g/mol. The Morgan fingerprint density at radius 2 is 2.10 bits per heavy atom. The van der Waals surface area contributed by atoms with E-state index in [2.05, 4.69) is 6.92 Å². The van der Waals surface area contributed by atoms with E-state index in [0.717, 1.165) is 30.6 Å². The number of piperidine rings is 1. The number of para-hydroxylation sites is 1. The third-order valence-corrected chi connectivity index (χ3v) is 7.18. The summed E-state index contributed by atoms with van der Waals surface area (Å²) in [5, 5.41) is 0. The molecule has 118 valence electrons. The lowest BCUT2D eigenvalue weighted by atomic mass is 10.0. The molecule has 1 fully saturated rings. The third kappa shape index (κ3) is 4.37. The second-order valence-corrected chi connectivity index (χ2v) is 8.55. The van der Waals surface area contributed by atoms with E-state index < -0.39 is 10.0 Å². The van der Waals surface area contributed by atoms with Crippen molar-refractivity contribution in [3.63, 3.8) is 0 Å². The standard InChI is InChI=1S/C15H24N2O2S2/c1-2-13-7-5-6-10-17(13)21(18,19)12-11-20-15-9-4-3-8-14(15)16/h3-4,8-9,13H,2,5-7,10-12,16H2,1H3. The molecular formula is C15H24N2O2S2. The van der Waals surface area contributed by atoms with Crippen molar-refractivity contribution in [3.05, 3.63) is 24.3 Å². The largest absolute Gasteiger partial charge is 0.398 e. The van der Waals surface area contributed by atoms with Crippen LogP contribution in [-0.4, -0.2) is 36.8 Å². The first-order valence-corrected chi connectivity index (χ1v) is 10.1. The van der Waals surface area contributed by atoms with Crippen LogP contribution in [0, 0.1) is 0 Å². The molecule has 0 spiro atoms. The lowest BCUT2D eigenvalue weighted by Crippen LogP contribution is -2.44. The summed E-state index contributed by atoms with van der Waals surface area (Å²) in [5.74, 6) is 0.728. The number of rotatable bonds is 6. The molecule has 2 N–H and O–H groups in total. The summed E-state index contributed by atoms with van der Waals surface area (Å²) in [5.41, 5.74) is 6.59. The number of benzene rings is 1. The van der Waals surface area contributed by atoms with Crippen LogP contribution >= 0.6 is 11.8 Å². The fourth-order valence-corrected chi connectivity index (χ4v) is 5.89. The van der Waals surface area contributed by atoms with Crippen molar-refractivity contribution in [2.24, 2.45) is 0 Å². The summed E-state index contributed by atoms with van der Waals surface area (Å²) >= 11 is 1.52. The molecule has 1 unspecified atom stereocenters. The molecule has 1 heterocycles. The molecule has 21 heavy (non-hydrogen) atoms. The van der Waals surface area contributed by atoms with E-state index in [4.69, 9.17) is 5.73 Å². The average molecular weight is 329 g/mol. The van der Waals surface area contributed by atoms with E-state index in [1.54, 1.807) is 4.31 Å². The van der Waals surface area contributed by atoms with Gasteiger partial charge in [0.2, 0.25) is 10.0 Å². The molecule has 1 saturated heterocycles. The van der Waals surface area contributed by atoms with Gasteiger partial charge in [-0.15, -0.1) is 11.8 Å². The van der Waals surface area contributed by atoms with Crippen LogP contribution in [0.5, 0.6) is 0 Å². The molecule has 1 aliphatic heterocycles. The number of sulfonamides is 1. The second-order valence-electron chi connectivity index (χ2n) is 5.37. The Morgan fingerprint density at radius 3 is 2.81 bits per heavy atom. The minimum atomic E-state index is -3.16. The number of hydrogen-bond donors (Lipinski definition) is 1. The second kappa shape index (κ2) is 7.51. The Labute approximate surface area is 132 Å². The number of nitrogens with two attached hydrogens (primary N) is 1. The quantitative estimate of drug-likeness (QED) is 0.644. The van der Waals surface area contributed by atoms with Gasteiger partial charge in [-0.25, -0.2) is 8.42 Å². The van der Waals surface area contributed by atoms with Crippen LogP contribution in [-0.2, 0) is 10.0 Å². The van der Waals surface area contributed by atoms with Gasteiger partial charge in [0.05, 0.1) is 5.75 Å². The van der Waals surface area contributed by atoms with Gasteiger partial charge in [-0.1, -0.05) is 25.5 Å². The van der Waals surface area contributed by atoms with E-state index >= 15 is 0 Å². The minimum absolute atomic E-state index is 0.183. The molecule has 0 saturated carbocycles. The Balaban J connectivity index is 1.93. The summed E-state index contributed by atoms with van der Waals surface area (Å²) in [6, 6.07) is 7.77. The monoisotopic (exact) mass is 328 g/mol. The molecule has 4 nitrogen and oxygen atoms in total. The van der Waals surface area contributed by atoms with Gasteiger partial charge in [-0.05, 0) is 31.4 Å². The Hall–Kier alpha value is -0.720. The van der Waals surface area contributed by atoms with Crippen molar-refractivity contribution >= 4 is 27.5 Å². The van der Waals surface area contributed by atoms with E-state index in [-0.39, 0.29) is 11.8 Å². The highest BCUT2D eigenvalue weighted by Gasteiger charge is 2.30. The first-order chi connectivity index (χ1) is 10.0. The normalized spacial score (nSPS) is 20.5. The van der Waals surface area contributed by atoms with Crippen molar-refractivity contribution in [2.45, 2.75) is 43.5 Å². The van der Waals surface area contributed by atoms with Crippen LogP contribution in [0.2, 0.25) is 0 Å². The van der Waals surface area contributed by atoms with Crippen LogP contribution in [0.4, 0.5) is 5.69 Å². The predicted molar refractivity (Wildman–Crippen MR) is 90.0 cm³/mol. The van der Waals surface area contributed by atoms with Crippen LogP contribution in [0.3, 0.4) is 0 Å². The smallest absolute Gasteiger partial charge is 0.215 e. The first-order valence-electron chi connectivity index (χ1n) is 7.51. The van der Waals surface area contributed by atoms with Crippen molar-refractivity contribution in [1.29, 1.82) is 0 Å². The SMILES string of the molecule is CCC1CCCCN1S(=O)(=O)CCSc1ccccc1N. The maximum atomic E-state index is 12.5. The Kier molecular flexibility index (Phi) is 5.96. The van der Waals surface area contributed by atoms with E-state index in [0.29, 0.717) is 18.0 Å². The zero-order chi connectivity index (χ0) is 15.3. The molecule has 1 aromatic rings. The maximum Gasteiger partial charge on any atom is 0.215 e. The van der Waals surface area contributed by atoms with E-state index in [1.165, 1.54) is 11.8 Å². The topological polar surface area (TPSA) is 63.4 Å². The highest BCUT2D eigenvalue weighted by Crippen LogP contribution is 2.27. The zero-order valence-corrected chi connectivity index (χ0v) is 14.1. The van der Waals surface area contributed by atoms with Gasteiger partial charge in [0.1, 0.15) is 0 Å². The summed E-state index contributed by atoms with van der Waals surface area (Å²) in [7, 11) is -3.16. The molecule has 1 aliphatic rings. The zero-order valence-electron chi connectivity index (χ0n) is 12.5. The third-order valence-electron chi connectivity index (χ3n) is 3.92. The van der Waals surface area contributed by atoms with Gasteiger partial charge >= 0.3 is 0 Å². The Morgan fingerprint density at radius 1 is 1.33 bits per heavy atom. The lowest BCUT2D eigenvalue weighted by molar-refractivity contribution is 0.247. The fourth-order valence-electron chi connectivity index (χ4n) is 2.73. The number of hydrogen-bond acceptors (Lipinski definition) is 4. The summed E-state index contributed by atoms with van der Waals surface area (Å²) in [4.78, 5) is 0.957. The van der Waals surface area contributed by atoms with Gasteiger partial charge in [-0.2, -0.15) is 4.31 Å². The highest BCUT2D eigenvalue weighted by molar-refractivity contribution is 8.00. The number of nitrogen functional groups attached to an aromatic ring is 1. The van der Waals surface area contributed by atoms with Gasteiger partial charge in [0.15, 0.2) is 0 Å². The molecule has 0 bridgehead atoms. The van der Waals surface area contributed by atoms with Gasteiger partial charge < -0.3 is 5.73 Å². The van der Waals surface area contributed by atoms with Gasteiger partial charge in [-0.3, -0.25) is 0 Å². The molecule has 1 aromatic carbocycles. The average Bonchev–Trinajstić information content (AvgIpc) is 2.49. The lowest BCUT2D eigenvalue weighted by Gasteiger charge is -2.34. The first kappa shape index (κ1) is 16.6. The number of thioether (sulfide) groups is 1. The van der Waals surface area contributed by atoms with Crippen LogP contribution in [0.25, 0.3) is 0 Å². The Bertz CT molecular complexity index is 561. The van der Waals surface area contributed by atoms with Gasteiger partial charge in [0.25, 0.3) is 0 Å². The van der Waals surface area contributed by atoms with E-state index in [9.17, 15) is 8.42 Å². The molecule has 0 radical (unpaired) electrons. The van der Waals surface area contributed by atoms with Crippen molar-refractivity contribution in [2.75, 3.05) is 23.8 Å². The summed E-state index contributed by atoms with van der Waals surface area (Å²) < 4.78 is 26.8. The van der Waals surface area contributed by atoms with Gasteiger partial charge in [0, 0.05) is 28.9 Å². The van der Waals surface area contributed by atoms with Crippen molar-refractivity contribution < 1.29 is 8.42 Å². The van der Waals surface area contributed by atoms with E-state index in [1.807, 2.05) is 24.3 Å². The molecule has 2 rings (SSSR count). The van der Waals surface area contributed by atoms with Crippen molar-refractivity contribution in [3.8, 4) is 0 Å². The highest BCUT2D eigenvalue weighted by atomic mass is 32.2. The molecule has 0 aliphatic carbocycles. The minimum Gasteiger partial charge on any atom is -0.398 e.